The van der Waals surface area contributed by atoms with E-state index in [1.807, 2.05) is 12.1 Å². The number of aryl methyl sites for hydroxylation is 1. The number of aromatic nitrogens is 1. The summed E-state index contributed by atoms with van der Waals surface area (Å²) in [5.41, 5.74) is 5.65. The molecule has 1 unspecified atom stereocenters. The second-order valence-corrected chi connectivity index (χ2v) is 5.36. The van der Waals surface area contributed by atoms with E-state index < -0.39 is 0 Å². The molecule has 1 aliphatic rings. The van der Waals surface area contributed by atoms with E-state index in [9.17, 15) is 0 Å². The average molecular weight is 264 g/mol. The standard InChI is InChI=1S/C17H16N2O/c1-11-6-7-14-15(10-11)20-17(19-14)16-13-5-3-2-4-12(13)8-9-18-16/h2-7,10,16,18H,8-9H2,1H3. The molecule has 4 rings (SSSR count). The molecule has 20 heavy (non-hydrogen) atoms. The largest absolute Gasteiger partial charge is 0.439 e. The Kier molecular flexibility index (Phi) is 2.60. The molecule has 2 aromatic carbocycles. The van der Waals surface area contributed by atoms with Crippen LogP contribution in [-0.4, -0.2) is 11.5 Å². The van der Waals surface area contributed by atoms with Gasteiger partial charge in [-0.25, -0.2) is 4.98 Å². The molecule has 0 aliphatic carbocycles. The van der Waals surface area contributed by atoms with Crippen molar-refractivity contribution >= 4 is 11.1 Å². The van der Waals surface area contributed by atoms with Gasteiger partial charge in [0.1, 0.15) is 11.6 Å². The van der Waals surface area contributed by atoms with Gasteiger partial charge in [-0.3, -0.25) is 0 Å². The highest BCUT2D eigenvalue weighted by Crippen LogP contribution is 2.30. The Morgan fingerprint density at radius 1 is 1.20 bits per heavy atom. The first-order valence-corrected chi connectivity index (χ1v) is 6.99. The van der Waals surface area contributed by atoms with Gasteiger partial charge in [0.05, 0.1) is 0 Å². The molecule has 0 saturated heterocycles. The van der Waals surface area contributed by atoms with Crippen molar-refractivity contribution in [2.75, 3.05) is 6.54 Å². The molecule has 1 aromatic heterocycles. The SMILES string of the molecule is Cc1ccc2nc(C3NCCc4ccccc43)oc2c1. The Morgan fingerprint density at radius 2 is 2.10 bits per heavy atom. The minimum Gasteiger partial charge on any atom is -0.439 e. The molecule has 0 amide bonds. The molecule has 0 saturated carbocycles. The first-order valence-electron chi connectivity index (χ1n) is 6.99. The maximum Gasteiger partial charge on any atom is 0.217 e. The number of rotatable bonds is 1. The fourth-order valence-electron chi connectivity index (χ4n) is 2.90. The summed E-state index contributed by atoms with van der Waals surface area (Å²) in [4.78, 5) is 4.65. The third-order valence-electron chi connectivity index (χ3n) is 3.92. The highest BCUT2D eigenvalue weighted by molar-refractivity contribution is 5.73. The predicted molar refractivity (Wildman–Crippen MR) is 78.7 cm³/mol. The number of hydrogen-bond acceptors (Lipinski definition) is 3. The lowest BCUT2D eigenvalue weighted by Crippen LogP contribution is -2.30. The molecule has 1 aliphatic heterocycles. The molecular formula is C17H16N2O. The van der Waals surface area contributed by atoms with E-state index in [-0.39, 0.29) is 6.04 Å². The maximum absolute atomic E-state index is 5.97. The van der Waals surface area contributed by atoms with E-state index in [4.69, 9.17) is 4.42 Å². The van der Waals surface area contributed by atoms with Gasteiger partial charge in [-0.05, 0) is 42.2 Å². The zero-order valence-corrected chi connectivity index (χ0v) is 11.4. The summed E-state index contributed by atoms with van der Waals surface area (Å²) >= 11 is 0. The summed E-state index contributed by atoms with van der Waals surface area (Å²) < 4.78 is 5.97. The first-order chi connectivity index (χ1) is 9.81. The van der Waals surface area contributed by atoms with Crippen LogP contribution < -0.4 is 5.32 Å². The highest BCUT2D eigenvalue weighted by atomic mass is 16.3. The maximum atomic E-state index is 5.97. The van der Waals surface area contributed by atoms with Crippen LogP contribution in [0.4, 0.5) is 0 Å². The molecule has 2 heterocycles. The fraction of sp³-hybridized carbons (Fsp3) is 0.235. The topological polar surface area (TPSA) is 38.1 Å². The lowest BCUT2D eigenvalue weighted by molar-refractivity contribution is 0.439. The number of nitrogens with zero attached hydrogens (tertiary/aromatic N) is 1. The van der Waals surface area contributed by atoms with Gasteiger partial charge >= 0.3 is 0 Å². The van der Waals surface area contributed by atoms with Crippen LogP contribution in [0.15, 0.2) is 46.9 Å². The van der Waals surface area contributed by atoms with Gasteiger partial charge in [-0.1, -0.05) is 30.3 Å². The summed E-state index contributed by atoms with van der Waals surface area (Å²) in [6.07, 6.45) is 1.06. The van der Waals surface area contributed by atoms with Gasteiger partial charge in [0.2, 0.25) is 5.89 Å². The van der Waals surface area contributed by atoms with Crippen molar-refractivity contribution in [1.29, 1.82) is 0 Å². The molecular weight excluding hydrogens is 248 g/mol. The van der Waals surface area contributed by atoms with Gasteiger partial charge in [0, 0.05) is 6.54 Å². The Morgan fingerprint density at radius 3 is 3.05 bits per heavy atom. The number of hydrogen-bond donors (Lipinski definition) is 1. The molecule has 0 fully saturated rings. The second-order valence-electron chi connectivity index (χ2n) is 5.36. The van der Waals surface area contributed by atoms with Gasteiger partial charge in [-0.15, -0.1) is 0 Å². The van der Waals surface area contributed by atoms with Crippen molar-refractivity contribution in [3.8, 4) is 0 Å². The molecule has 1 N–H and O–H groups in total. The second kappa shape index (κ2) is 4.46. The number of oxazole rings is 1. The summed E-state index contributed by atoms with van der Waals surface area (Å²) in [7, 11) is 0. The molecule has 100 valence electrons. The average Bonchev–Trinajstić information content (AvgIpc) is 2.89. The zero-order valence-electron chi connectivity index (χ0n) is 11.4. The number of benzene rings is 2. The zero-order chi connectivity index (χ0) is 13.5. The highest BCUT2D eigenvalue weighted by Gasteiger charge is 2.25. The molecule has 3 nitrogen and oxygen atoms in total. The van der Waals surface area contributed by atoms with E-state index in [0.29, 0.717) is 0 Å². The van der Waals surface area contributed by atoms with Crippen LogP contribution in [0.25, 0.3) is 11.1 Å². The first kappa shape index (κ1) is 11.7. The van der Waals surface area contributed by atoms with Crippen LogP contribution in [0, 0.1) is 6.92 Å². The van der Waals surface area contributed by atoms with Crippen molar-refractivity contribution in [2.24, 2.45) is 0 Å². The number of fused-ring (bicyclic) bond motifs is 2. The third kappa shape index (κ3) is 1.82. The molecule has 0 bridgehead atoms. The Hall–Kier alpha value is -2.13. The Bertz CT molecular complexity index is 776. The van der Waals surface area contributed by atoms with Gasteiger partial charge in [-0.2, -0.15) is 0 Å². The van der Waals surface area contributed by atoms with Crippen LogP contribution in [0.5, 0.6) is 0 Å². The Labute approximate surface area is 117 Å². The summed E-state index contributed by atoms with van der Waals surface area (Å²) in [5, 5.41) is 3.51. The number of nitrogens with one attached hydrogen (secondary N) is 1. The minimum atomic E-state index is 0.0626. The van der Waals surface area contributed by atoms with Gasteiger partial charge < -0.3 is 9.73 Å². The molecule has 3 heteroatoms. The van der Waals surface area contributed by atoms with Gasteiger partial charge in [0.15, 0.2) is 5.58 Å². The van der Waals surface area contributed by atoms with E-state index in [1.54, 1.807) is 0 Å². The molecule has 0 spiro atoms. The van der Waals surface area contributed by atoms with Crippen molar-refractivity contribution < 1.29 is 4.42 Å². The van der Waals surface area contributed by atoms with Crippen LogP contribution in [0.1, 0.15) is 28.6 Å². The van der Waals surface area contributed by atoms with Crippen molar-refractivity contribution in [2.45, 2.75) is 19.4 Å². The van der Waals surface area contributed by atoms with Crippen molar-refractivity contribution in [3.05, 3.63) is 65.0 Å². The molecule has 1 atom stereocenters. The van der Waals surface area contributed by atoms with Crippen LogP contribution >= 0.6 is 0 Å². The van der Waals surface area contributed by atoms with E-state index in [1.165, 1.54) is 16.7 Å². The minimum absolute atomic E-state index is 0.0626. The fourth-order valence-corrected chi connectivity index (χ4v) is 2.90. The van der Waals surface area contributed by atoms with Crippen LogP contribution in [0.2, 0.25) is 0 Å². The smallest absolute Gasteiger partial charge is 0.217 e. The summed E-state index contributed by atoms with van der Waals surface area (Å²) in [5.74, 6) is 0.762. The van der Waals surface area contributed by atoms with Crippen molar-refractivity contribution in [1.82, 2.24) is 10.3 Å². The lowest BCUT2D eigenvalue weighted by Gasteiger charge is -2.24. The summed E-state index contributed by atoms with van der Waals surface area (Å²) in [6, 6.07) is 14.7. The molecule has 3 aromatic rings. The predicted octanol–water partition coefficient (Wildman–Crippen LogP) is 3.37. The van der Waals surface area contributed by atoms with E-state index in [2.05, 4.69) is 47.6 Å². The summed E-state index contributed by atoms with van der Waals surface area (Å²) in [6.45, 7) is 3.02. The van der Waals surface area contributed by atoms with Crippen LogP contribution in [0.3, 0.4) is 0 Å². The third-order valence-corrected chi connectivity index (χ3v) is 3.92. The lowest BCUT2D eigenvalue weighted by atomic mass is 9.94. The van der Waals surface area contributed by atoms with Crippen LogP contribution in [-0.2, 0) is 6.42 Å². The van der Waals surface area contributed by atoms with E-state index in [0.717, 1.165) is 30.0 Å². The van der Waals surface area contributed by atoms with Crippen molar-refractivity contribution in [3.63, 3.8) is 0 Å². The Balaban J connectivity index is 1.84. The van der Waals surface area contributed by atoms with Gasteiger partial charge in [0.25, 0.3) is 0 Å². The molecule has 0 radical (unpaired) electrons. The normalized spacial score (nSPS) is 18.1. The monoisotopic (exact) mass is 264 g/mol. The van der Waals surface area contributed by atoms with E-state index >= 15 is 0 Å². The quantitative estimate of drug-likeness (QED) is 0.732.